The molecule has 1 saturated heterocycles. The van der Waals surface area contributed by atoms with Crippen LogP contribution in [-0.2, 0) is 18.9 Å². The Morgan fingerprint density at radius 3 is 2.34 bits per heavy atom. The summed E-state index contributed by atoms with van der Waals surface area (Å²) in [5.41, 5.74) is 11.3. The van der Waals surface area contributed by atoms with Gasteiger partial charge in [-0.1, -0.05) is 13.8 Å². The summed E-state index contributed by atoms with van der Waals surface area (Å²) in [6, 6.07) is 8.56. The molecule has 1 fully saturated rings. The maximum atomic E-state index is 4.87. The van der Waals surface area contributed by atoms with Crippen LogP contribution in [-0.4, -0.2) is 64.9 Å². The van der Waals surface area contributed by atoms with E-state index in [1.54, 1.807) is 0 Å². The summed E-state index contributed by atoms with van der Waals surface area (Å²) in [7, 11) is 5.66. The molecule has 1 aliphatic carbocycles. The van der Waals surface area contributed by atoms with Gasteiger partial charge in [0.2, 0.25) is 5.95 Å². The van der Waals surface area contributed by atoms with Crippen molar-refractivity contribution in [2.24, 2.45) is 12.8 Å². The smallest absolute Gasteiger partial charge is 0.227 e. The highest BCUT2D eigenvalue weighted by molar-refractivity contribution is 5.70. The van der Waals surface area contributed by atoms with Gasteiger partial charge in [0, 0.05) is 56.4 Å². The molecule has 8 heteroatoms. The fourth-order valence-corrected chi connectivity index (χ4v) is 4.54. The molecular formula is C24H34N8. The zero-order valence-corrected chi connectivity index (χ0v) is 19.8. The van der Waals surface area contributed by atoms with Crippen molar-refractivity contribution in [3.05, 3.63) is 47.8 Å². The van der Waals surface area contributed by atoms with Crippen LogP contribution < -0.4 is 16.0 Å². The van der Waals surface area contributed by atoms with Crippen molar-refractivity contribution in [3.8, 4) is 11.4 Å². The third kappa shape index (κ3) is 4.20. The molecule has 3 heterocycles. The van der Waals surface area contributed by atoms with Gasteiger partial charge in [0.15, 0.2) is 0 Å². The Bertz CT molecular complexity index is 1060. The van der Waals surface area contributed by atoms with Crippen LogP contribution in [0.1, 0.15) is 25.0 Å². The minimum absolute atomic E-state index is 0.0357. The maximum Gasteiger partial charge on any atom is 0.227 e. The molecule has 0 spiro atoms. The van der Waals surface area contributed by atoms with E-state index in [9.17, 15) is 0 Å². The molecular weight excluding hydrogens is 400 g/mol. The maximum absolute atomic E-state index is 4.87. The molecule has 0 radical (unpaired) electrons. The molecule has 5 rings (SSSR count). The number of nitrogens with two attached hydrogens (primary N) is 1. The zero-order chi connectivity index (χ0) is 22.9. The number of hydrogen-bond acceptors (Lipinski definition) is 7. The lowest BCUT2D eigenvalue weighted by molar-refractivity contribution is 0.313. The SMILES string of the molecule is CN.CN1CCN(c2ccc(Nc3ncc4c(n3)-c3c(cnn3C)C(C)(C)C4)cc2)CC1. The molecule has 170 valence electrons. The molecule has 1 aliphatic heterocycles. The first-order valence-electron chi connectivity index (χ1n) is 11.2. The summed E-state index contributed by atoms with van der Waals surface area (Å²) in [4.78, 5) is 14.3. The molecule has 3 aromatic rings. The van der Waals surface area contributed by atoms with Crippen LogP contribution in [0.2, 0.25) is 0 Å². The van der Waals surface area contributed by atoms with Crippen molar-refractivity contribution in [1.82, 2.24) is 24.6 Å². The van der Waals surface area contributed by atoms with Crippen molar-refractivity contribution >= 4 is 17.3 Å². The molecule has 0 unspecified atom stereocenters. The van der Waals surface area contributed by atoms with Crippen molar-refractivity contribution in [2.75, 3.05) is 50.5 Å². The Morgan fingerprint density at radius 1 is 0.969 bits per heavy atom. The van der Waals surface area contributed by atoms with Gasteiger partial charge in [-0.2, -0.15) is 5.10 Å². The molecule has 2 aliphatic rings. The molecule has 0 amide bonds. The third-order valence-corrected chi connectivity index (χ3v) is 6.38. The third-order valence-electron chi connectivity index (χ3n) is 6.38. The second-order valence-electron chi connectivity index (χ2n) is 9.12. The van der Waals surface area contributed by atoms with Crippen LogP contribution in [0.25, 0.3) is 11.4 Å². The van der Waals surface area contributed by atoms with Crippen molar-refractivity contribution in [3.63, 3.8) is 0 Å². The number of hydrogen-bond donors (Lipinski definition) is 2. The van der Waals surface area contributed by atoms with E-state index in [1.165, 1.54) is 23.9 Å². The number of aryl methyl sites for hydroxylation is 1. The van der Waals surface area contributed by atoms with Crippen LogP contribution in [0.15, 0.2) is 36.7 Å². The number of fused-ring (bicyclic) bond motifs is 3. The summed E-state index contributed by atoms with van der Waals surface area (Å²) in [5, 5.41) is 7.87. The van der Waals surface area contributed by atoms with E-state index in [1.807, 2.05) is 24.1 Å². The standard InChI is InChI=1S/C23H29N7.CH5N/c1-23(2)13-16-14-24-22(27-20(16)21-19(23)15-25-29(21)4)26-17-5-7-18(8-6-17)30-11-9-28(3)10-12-30;1-2/h5-8,14-15H,9-13H2,1-4H3,(H,24,26,27);2H2,1H3. The highest BCUT2D eigenvalue weighted by Gasteiger charge is 2.35. The minimum Gasteiger partial charge on any atom is -0.369 e. The van der Waals surface area contributed by atoms with Gasteiger partial charge in [-0.05, 0) is 55.8 Å². The summed E-state index contributed by atoms with van der Waals surface area (Å²) < 4.78 is 1.93. The molecule has 32 heavy (non-hydrogen) atoms. The van der Waals surface area contributed by atoms with Gasteiger partial charge >= 0.3 is 0 Å². The van der Waals surface area contributed by atoms with Crippen LogP contribution in [0.4, 0.5) is 17.3 Å². The first kappa shape index (κ1) is 22.2. The average Bonchev–Trinajstić information content (AvgIpc) is 3.20. The number of likely N-dealkylation sites (N-methyl/N-ethyl adjacent to an activating group) is 1. The predicted octanol–water partition coefficient (Wildman–Crippen LogP) is 2.78. The van der Waals surface area contributed by atoms with E-state index in [4.69, 9.17) is 4.98 Å². The van der Waals surface area contributed by atoms with E-state index in [0.29, 0.717) is 5.95 Å². The Labute approximate surface area is 190 Å². The largest absolute Gasteiger partial charge is 0.369 e. The van der Waals surface area contributed by atoms with Crippen LogP contribution in [0, 0.1) is 0 Å². The van der Waals surface area contributed by atoms with E-state index < -0.39 is 0 Å². The van der Waals surface area contributed by atoms with Crippen molar-refractivity contribution in [1.29, 1.82) is 0 Å². The lowest BCUT2D eigenvalue weighted by Gasteiger charge is -2.34. The molecule has 3 N–H and O–H groups in total. The average molecular weight is 435 g/mol. The van der Waals surface area contributed by atoms with Gasteiger partial charge in [0.05, 0.1) is 17.6 Å². The van der Waals surface area contributed by atoms with Gasteiger partial charge in [-0.15, -0.1) is 0 Å². The van der Waals surface area contributed by atoms with Crippen molar-refractivity contribution in [2.45, 2.75) is 25.7 Å². The Balaban J connectivity index is 0.00000119. The molecule has 0 saturated carbocycles. The first-order valence-corrected chi connectivity index (χ1v) is 11.2. The van der Waals surface area contributed by atoms with Gasteiger partial charge in [-0.3, -0.25) is 4.68 Å². The topological polar surface area (TPSA) is 88.1 Å². The van der Waals surface area contributed by atoms with Crippen molar-refractivity contribution < 1.29 is 0 Å². The van der Waals surface area contributed by atoms with E-state index in [0.717, 1.165) is 49.7 Å². The van der Waals surface area contributed by atoms with Gasteiger partial charge in [-0.25, -0.2) is 9.97 Å². The molecule has 1 aromatic carbocycles. The monoisotopic (exact) mass is 434 g/mol. The van der Waals surface area contributed by atoms with E-state index >= 15 is 0 Å². The lowest BCUT2D eigenvalue weighted by atomic mass is 9.74. The molecule has 0 bridgehead atoms. The summed E-state index contributed by atoms with van der Waals surface area (Å²) in [6.45, 7) is 8.86. The van der Waals surface area contributed by atoms with Gasteiger partial charge < -0.3 is 20.9 Å². The predicted molar refractivity (Wildman–Crippen MR) is 131 cm³/mol. The summed E-state index contributed by atoms with van der Waals surface area (Å²) in [5.74, 6) is 0.618. The number of benzene rings is 1. The quantitative estimate of drug-likeness (QED) is 0.655. The number of anilines is 3. The highest BCUT2D eigenvalue weighted by atomic mass is 15.3. The number of nitrogens with one attached hydrogen (secondary N) is 1. The van der Waals surface area contributed by atoms with E-state index in [2.05, 4.69) is 76.1 Å². The Morgan fingerprint density at radius 2 is 1.66 bits per heavy atom. The summed E-state index contributed by atoms with van der Waals surface area (Å²) in [6.07, 6.45) is 4.85. The Hall–Kier alpha value is -2.97. The molecule has 8 nitrogen and oxygen atoms in total. The highest BCUT2D eigenvalue weighted by Crippen LogP contribution is 2.41. The second kappa shape index (κ2) is 8.88. The number of aromatic nitrogens is 4. The second-order valence-corrected chi connectivity index (χ2v) is 9.12. The van der Waals surface area contributed by atoms with Crippen LogP contribution in [0.5, 0.6) is 0 Å². The van der Waals surface area contributed by atoms with Crippen LogP contribution >= 0.6 is 0 Å². The minimum atomic E-state index is 0.0357. The van der Waals surface area contributed by atoms with Gasteiger partial charge in [0.1, 0.15) is 0 Å². The van der Waals surface area contributed by atoms with Gasteiger partial charge in [0.25, 0.3) is 0 Å². The molecule has 2 aromatic heterocycles. The zero-order valence-electron chi connectivity index (χ0n) is 19.8. The normalized spacial score (nSPS) is 17.1. The van der Waals surface area contributed by atoms with Crippen LogP contribution in [0.3, 0.4) is 0 Å². The number of nitrogens with zero attached hydrogens (tertiary/aromatic N) is 6. The lowest BCUT2D eigenvalue weighted by Crippen LogP contribution is -2.44. The fraction of sp³-hybridized carbons (Fsp3) is 0.458. The first-order chi connectivity index (χ1) is 15.4. The Kier molecular flexibility index (Phi) is 6.17. The summed E-state index contributed by atoms with van der Waals surface area (Å²) >= 11 is 0. The fourth-order valence-electron chi connectivity index (χ4n) is 4.54. The number of rotatable bonds is 3. The van der Waals surface area contributed by atoms with E-state index in [-0.39, 0.29) is 5.41 Å². The molecule has 0 atom stereocenters. The number of piperazine rings is 1.